The second-order valence-electron chi connectivity index (χ2n) is 4.20. The van der Waals surface area contributed by atoms with Gasteiger partial charge >= 0.3 is 6.01 Å². The largest absolute Gasteiger partial charge is 0.423 e. The fraction of sp³-hybridized carbons (Fsp3) is 0.286. The molecule has 112 valence electrons. The summed E-state index contributed by atoms with van der Waals surface area (Å²) in [5.41, 5.74) is 0.954. The number of benzene rings is 1. The molecule has 0 aliphatic carbocycles. The van der Waals surface area contributed by atoms with E-state index in [1.807, 2.05) is 0 Å². The van der Waals surface area contributed by atoms with Crippen LogP contribution in [0.15, 0.2) is 30.6 Å². The third kappa shape index (κ3) is 4.82. The first-order valence-electron chi connectivity index (χ1n) is 6.33. The van der Waals surface area contributed by atoms with Gasteiger partial charge in [0.15, 0.2) is 5.75 Å². The minimum Gasteiger partial charge on any atom is -0.423 e. The first-order chi connectivity index (χ1) is 10.2. The molecule has 0 aliphatic rings. The van der Waals surface area contributed by atoms with Gasteiger partial charge in [-0.25, -0.2) is 9.97 Å². The molecule has 0 fully saturated rings. The lowest BCUT2D eigenvalue weighted by Gasteiger charge is -2.07. The highest BCUT2D eigenvalue weighted by molar-refractivity contribution is 6.42. The molecular weight excluding hydrogens is 313 g/mol. The van der Waals surface area contributed by atoms with Crippen molar-refractivity contribution < 1.29 is 9.47 Å². The van der Waals surface area contributed by atoms with Crippen LogP contribution in [0.5, 0.6) is 11.8 Å². The summed E-state index contributed by atoms with van der Waals surface area (Å²) in [6.45, 7) is 2.10. The van der Waals surface area contributed by atoms with Gasteiger partial charge < -0.3 is 14.8 Å². The minimum atomic E-state index is 0.222. The highest BCUT2D eigenvalue weighted by atomic mass is 35.5. The summed E-state index contributed by atoms with van der Waals surface area (Å²) in [5.74, 6) is 0.426. The minimum absolute atomic E-state index is 0.222. The van der Waals surface area contributed by atoms with Crippen molar-refractivity contribution in [2.45, 2.75) is 6.54 Å². The van der Waals surface area contributed by atoms with Crippen molar-refractivity contribution in [3.63, 3.8) is 0 Å². The fourth-order valence-electron chi connectivity index (χ4n) is 1.56. The zero-order valence-electron chi connectivity index (χ0n) is 11.5. The molecule has 2 aromatic rings. The van der Waals surface area contributed by atoms with E-state index in [0.717, 1.165) is 12.1 Å². The Hall–Kier alpha value is -1.40. The first-order valence-corrected chi connectivity index (χ1v) is 7.08. The molecule has 0 saturated carbocycles. The lowest BCUT2D eigenvalue weighted by Crippen LogP contribution is -2.18. The van der Waals surface area contributed by atoms with Crippen LogP contribution < -0.4 is 10.1 Å². The molecule has 0 unspecified atom stereocenters. The third-order valence-corrected chi connectivity index (χ3v) is 3.41. The Morgan fingerprint density at radius 1 is 1.19 bits per heavy atom. The van der Waals surface area contributed by atoms with Crippen LogP contribution in [0.4, 0.5) is 0 Å². The van der Waals surface area contributed by atoms with Crippen molar-refractivity contribution in [2.24, 2.45) is 0 Å². The summed E-state index contributed by atoms with van der Waals surface area (Å²) in [6, 6.07) is 5.36. The molecule has 0 radical (unpaired) electrons. The molecule has 5 nitrogen and oxygen atoms in total. The number of hydrogen-bond donors (Lipinski definition) is 1. The number of nitrogens with zero attached hydrogens (tertiary/aromatic N) is 2. The maximum absolute atomic E-state index is 6.04. The van der Waals surface area contributed by atoms with E-state index in [4.69, 9.17) is 32.7 Å². The Bertz CT molecular complexity index is 579. The molecule has 0 saturated heterocycles. The molecule has 7 heteroatoms. The maximum Gasteiger partial charge on any atom is 0.321 e. The third-order valence-electron chi connectivity index (χ3n) is 2.61. The molecule has 0 atom stereocenters. The summed E-state index contributed by atoms with van der Waals surface area (Å²) in [5, 5.41) is 3.97. The lowest BCUT2D eigenvalue weighted by atomic mass is 10.3. The van der Waals surface area contributed by atoms with Gasteiger partial charge in [0.25, 0.3) is 0 Å². The molecule has 0 aliphatic heterocycles. The van der Waals surface area contributed by atoms with Crippen LogP contribution in [0.1, 0.15) is 5.56 Å². The fourth-order valence-corrected chi connectivity index (χ4v) is 1.89. The molecule has 21 heavy (non-hydrogen) atoms. The Balaban J connectivity index is 1.94. The summed E-state index contributed by atoms with van der Waals surface area (Å²) < 4.78 is 10.5. The van der Waals surface area contributed by atoms with E-state index in [1.54, 1.807) is 37.7 Å². The summed E-state index contributed by atoms with van der Waals surface area (Å²) in [6.07, 6.45) is 3.39. The van der Waals surface area contributed by atoms with E-state index in [0.29, 0.717) is 28.9 Å². The standard InChI is InChI=1S/C14H15Cl2N3O2/c1-20-6-5-17-7-10-8-18-14(19-9-10)21-12-4-2-3-11(15)13(12)16/h2-4,8-9,17H,5-7H2,1H3. The molecule has 1 aromatic heterocycles. The Morgan fingerprint density at radius 2 is 1.95 bits per heavy atom. The Labute approximate surface area is 133 Å². The number of halogens is 2. The molecule has 2 rings (SSSR count). The van der Waals surface area contributed by atoms with Gasteiger partial charge in [0.05, 0.1) is 11.6 Å². The number of rotatable bonds is 7. The van der Waals surface area contributed by atoms with Crippen molar-refractivity contribution in [1.82, 2.24) is 15.3 Å². The van der Waals surface area contributed by atoms with E-state index >= 15 is 0 Å². The zero-order chi connectivity index (χ0) is 15.1. The molecule has 0 spiro atoms. The number of hydrogen-bond acceptors (Lipinski definition) is 5. The van der Waals surface area contributed by atoms with E-state index < -0.39 is 0 Å². The highest BCUT2D eigenvalue weighted by Crippen LogP contribution is 2.33. The van der Waals surface area contributed by atoms with Crippen molar-refractivity contribution in [1.29, 1.82) is 0 Å². The number of aromatic nitrogens is 2. The van der Waals surface area contributed by atoms with Gasteiger partial charge in [0, 0.05) is 38.2 Å². The second kappa shape index (κ2) is 8.14. The summed E-state index contributed by atoms with van der Waals surface area (Å²) in [4.78, 5) is 8.27. The highest BCUT2D eigenvalue weighted by Gasteiger charge is 2.08. The van der Waals surface area contributed by atoms with Gasteiger partial charge in [-0.3, -0.25) is 0 Å². The average Bonchev–Trinajstić information content (AvgIpc) is 2.50. The van der Waals surface area contributed by atoms with Crippen LogP contribution in [0.25, 0.3) is 0 Å². The van der Waals surface area contributed by atoms with Crippen molar-refractivity contribution in [3.05, 3.63) is 46.2 Å². The van der Waals surface area contributed by atoms with Crippen LogP contribution >= 0.6 is 23.2 Å². The molecule has 0 amide bonds. The van der Waals surface area contributed by atoms with Gasteiger partial charge in [-0.15, -0.1) is 0 Å². The number of ether oxygens (including phenoxy) is 2. The van der Waals surface area contributed by atoms with Crippen LogP contribution in [-0.2, 0) is 11.3 Å². The van der Waals surface area contributed by atoms with Crippen molar-refractivity contribution >= 4 is 23.2 Å². The molecule has 1 aromatic carbocycles. The molecule has 1 heterocycles. The number of methoxy groups -OCH3 is 1. The molecular formula is C14H15Cl2N3O2. The average molecular weight is 328 g/mol. The van der Waals surface area contributed by atoms with E-state index in [2.05, 4.69) is 15.3 Å². The monoisotopic (exact) mass is 327 g/mol. The maximum atomic E-state index is 6.04. The van der Waals surface area contributed by atoms with Crippen molar-refractivity contribution in [2.75, 3.05) is 20.3 Å². The van der Waals surface area contributed by atoms with Gasteiger partial charge in [-0.05, 0) is 12.1 Å². The first kappa shape index (κ1) is 16.0. The van der Waals surface area contributed by atoms with Crippen LogP contribution in [-0.4, -0.2) is 30.2 Å². The quantitative estimate of drug-likeness (QED) is 0.790. The lowest BCUT2D eigenvalue weighted by molar-refractivity contribution is 0.199. The van der Waals surface area contributed by atoms with Crippen molar-refractivity contribution in [3.8, 4) is 11.8 Å². The van der Waals surface area contributed by atoms with Crippen LogP contribution in [0.3, 0.4) is 0 Å². The van der Waals surface area contributed by atoms with Gasteiger partial charge in [-0.1, -0.05) is 29.3 Å². The molecule has 0 bridgehead atoms. The van der Waals surface area contributed by atoms with Gasteiger partial charge in [-0.2, -0.15) is 0 Å². The van der Waals surface area contributed by atoms with E-state index in [-0.39, 0.29) is 6.01 Å². The smallest absolute Gasteiger partial charge is 0.321 e. The normalized spacial score (nSPS) is 10.6. The number of nitrogens with one attached hydrogen (secondary N) is 1. The Kier molecular flexibility index (Phi) is 6.20. The predicted molar refractivity (Wildman–Crippen MR) is 82.2 cm³/mol. The summed E-state index contributed by atoms with van der Waals surface area (Å²) >= 11 is 12.0. The predicted octanol–water partition coefficient (Wildman–Crippen LogP) is 3.31. The summed E-state index contributed by atoms with van der Waals surface area (Å²) in [7, 11) is 1.66. The van der Waals surface area contributed by atoms with Gasteiger partial charge in [0.2, 0.25) is 0 Å². The topological polar surface area (TPSA) is 56.3 Å². The van der Waals surface area contributed by atoms with E-state index in [1.165, 1.54) is 0 Å². The van der Waals surface area contributed by atoms with Crippen LogP contribution in [0, 0.1) is 0 Å². The van der Waals surface area contributed by atoms with Crippen LogP contribution in [0.2, 0.25) is 10.0 Å². The van der Waals surface area contributed by atoms with Gasteiger partial charge in [0.1, 0.15) is 5.02 Å². The second-order valence-corrected chi connectivity index (χ2v) is 4.98. The zero-order valence-corrected chi connectivity index (χ0v) is 13.0. The molecule has 1 N–H and O–H groups in total. The van der Waals surface area contributed by atoms with E-state index in [9.17, 15) is 0 Å². The Morgan fingerprint density at radius 3 is 2.67 bits per heavy atom. The SMILES string of the molecule is COCCNCc1cnc(Oc2cccc(Cl)c2Cl)nc1.